The molecule has 4 heteroatoms. The molecule has 0 aliphatic rings. The number of nitrogens with one attached hydrogen (secondary N) is 1. The topological polar surface area (TPSA) is 38.0 Å². The number of benzene rings is 1. The average Bonchev–Trinajstić information content (AvgIpc) is 2.14. The summed E-state index contributed by atoms with van der Waals surface area (Å²) in [5, 5.41) is 1.02. The highest BCUT2D eigenvalue weighted by atomic mass is 35.5. The Kier molecular flexibility index (Phi) is 3.75. The summed E-state index contributed by atoms with van der Waals surface area (Å²) < 4.78 is 0. The van der Waals surface area contributed by atoms with E-state index in [0.29, 0.717) is 10.0 Å². The number of halogens is 2. The van der Waals surface area contributed by atoms with E-state index >= 15 is 0 Å². The van der Waals surface area contributed by atoms with Gasteiger partial charge in [0.05, 0.1) is 16.1 Å². The monoisotopic (exact) mass is 216 g/mol. The van der Waals surface area contributed by atoms with Gasteiger partial charge >= 0.3 is 0 Å². The van der Waals surface area contributed by atoms with Crippen molar-refractivity contribution in [1.82, 2.24) is 5.43 Å². The minimum Gasteiger partial charge on any atom is -0.271 e. The first-order valence-electron chi connectivity index (χ1n) is 3.73. The Morgan fingerprint density at radius 2 is 2.15 bits per heavy atom. The first kappa shape index (κ1) is 10.5. The van der Waals surface area contributed by atoms with Crippen LogP contribution in [0.1, 0.15) is 11.6 Å². The fraction of sp³-hybridized carbons (Fsp3) is 0.111. The molecule has 1 rings (SSSR count). The van der Waals surface area contributed by atoms with Crippen LogP contribution in [-0.2, 0) is 0 Å². The minimum absolute atomic E-state index is 0.175. The lowest BCUT2D eigenvalue weighted by molar-refractivity contribution is 0.657. The van der Waals surface area contributed by atoms with Crippen molar-refractivity contribution >= 4 is 23.2 Å². The molecular weight excluding hydrogens is 207 g/mol. The van der Waals surface area contributed by atoms with Gasteiger partial charge in [-0.3, -0.25) is 5.84 Å². The number of hydrogen-bond acceptors (Lipinski definition) is 2. The smallest absolute Gasteiger partial charge is 0.0653 e. The summed E-state index contributed by atoms with van der Waals surface area (Å²) in [7, 11) is 0. The van der Waals surface area contributed by atoms with Crippen LogP contribution in [0.15, 0.2) is 30.9 Å². The zero-order valence-corrected chi connectivity index (χ0v) is 8.44. The molecule has 0 heterocycles. The van der Waals surface area contributed by atoms with E-state index in [4.69, 9.17) is 29.0 Å². The van der Waals surface area contributed by atoms with Gasteiger partial charge in [-0.25, -0.2) is 5.43 Å². The van der Waals surface area contributed by atoms with Gasteiger partial charge in [0.2, 0.25) is 0 Å². The second-order valence-corrected chi connectivity index (χ2v) is 3.31. The Morgan fingerprint density at radius 1 is 1.46 bits per heavy atom. The second kappa shape index (κ2) is 4.63. The largest absolute Gasteiger partial charge is 0.271 e. The Bertz CT molecular complexity index is 312. The summed E-state index contributed by atoms with van der Waals surface area (Å²) in [6, 6.07) is 5.22. The van der Waals surface area contributed by atoms with Crippen LogP contribution in [0.25, 0.3) is 0 Å². The van der Waals surface area contributed by atoms with Gasteiger partial charge in [0.15, 0.2) is 0 Å². The molecular formula is C9H10Cl2N2. The lowest BCUT2D eigenvalue weighted by atomic mass is 10.1. The second-order valence-electron chi connectivity index (χ2n) is 2.52. The van der Waals surface area contributed by atoms with Crippen molar-refractivity contribution in [3.63, 3.8) is 0 Å². The van der Waals surface area contributed by atoms with Crippen LogP contribution in [0.2, 0.25) is 10.0 Å². The molecule has 0 saturated carbocycles. The molecule has 1 unspecified atom stereocenters. The maximum Gasteiger partial charge on any atom is 0.0653 e. The molecule has 0 amide bonds. The summed E-state index contributed by atoms with van der Waals surface area (Å²) in [6.45, 7) is 3.63. The van der Waals surface area contributed by atoms with Crippen molar-refractivity contribution in [2.75, 3.05) is 0 Å². The van der Waals surface area contributed by atoms with Gasteiger partial charge in [0.25, 0.3) is 0 Å². The van der Waals surface area contributed by atoms with Crippen LogP contribution < -0.4 is 11.3 Å². The van der Waals surface area contributed by atoms with Gasteiger partial charge in [-0.1, -0.05) is 41.4 Å². The quantitative estimate of drug-likeness (QED) is 0.464. The molecule has 0 bridgehead atoms. The van der Waals surface area contributed by atoms with E-state index in [9.17, 15) is 0 Å². The first-order valence-corrected chi connectivity index (χ1v) is 4.49. The van der Waals surface area contributed by atoms with Crippen molar-refractivity contribution in [3.8, 4) is 0 Å². The molecule has 0 radical (unpaired) electrons. The number of nitrogens with two attached hydrogens (primary N) is 1. The molecule has 2 nitrogen and oxygen atoms in total. The number of rotatable bonds is 3. The summed E-state index contributed by atoms with van der Waals surface area (Å²) in [6.07, 6.45) is 1.66. The molecule has 0 spiro atoms. The molecule has 1 aromatic rings. The molecule has 13 heavy (non-hydrogen) atoms. The molecule has 0 aliphatic heterocycles. The van der Waals surface area contributed by atoms with E-state index in [0.717, 1.165) is 5.56 Å². The van der Waals surface area contributed by atoms with Gasteiger partial charge in [-0.05, 0) is 11.6 Å². The first-order chi connectivity index (χ1) is 6.20. The maximum atomic E-state index is 5.97. The Balaban J connectivity index is 3.13. The van der Waals surface area contributed by atoms with E-state index in [-0.39, 0.29) is 6.04 Å². The molecule has 0 fully saturated rings. The lowest BCUT2D eigenvalue weighted by Gasteiger charge is -2.13. The molecule has 1 aromatic carbocycles. The van der Waals surface area contributed by atoms with Crippen LogP contribution in [0.4, 0.5) is 0 Å². The van der Waals surface area contributed by atoms with E-state index in [2.05, 4.69) is 12.0 Å². The van der Waals surface area contributed by atoms with E-state index in [1.165, 1.54) is 0 Å². The highest BCUT2D eigenvalue weighted by Crippen LogP contribution is 2.29. The van der Waals surface area contributed by atoms with Crippen LogP contribution >= 0.6 is 23.2 Å². The zero-order chi connectivity index (χ0) is 9.84. The highest BCUT2D eigenvalue weighted by molar-refractivity contribution is 6.42. The zero-order valence-electron chi connectivity index (χ0n) is 6.93. The molecule has 0 aliphatic carbocycles. The molecule has 3 N–H and O–H groups in total. The fourth-order valence-electron chi connectivity index (χ4n) is 1.05. The fourth-order valence-corrected chi connectivity index (χ4v) is 1.47. The average molecular weight is 217 g/mol. The minimum atomic E-state index is -0.175. The summed E-state index contributed by atoms with van der Waals surface area (Å²) >= 11 is 11.8. The third-order valence-corrected chi connectivity index (χ3v) is 2.57. The standard InChI is InChI=1S/C9H10Cl2N2/c1-2-8(13-12)6-4-3-5-7(10)9(6)11/h2-5,8,13H,1,12H2. The summed E-state index contributed by atoms with van der Waals surface area (Å²) in [5.41, 5.74) is 3.40. The van der Waals surface area contributed by atoms with Gasteiger partial charge < -0.3 is 0 Å². The van der Waals surface area contributed by atoms with Crippen molar-refractivity contribution in [1.29, 1.82) is 0 Å². The predicted octanol–water partition coefficient (Wildman–Crippen LogP) is 2.68. The molecule has 1 atom stereocenters. The van der Waals surface area contributed by atoms with Gasteiger partial charge in [0.1, 0.15) is 0 Å². The van der Waals surface area contributed by atoms with Crippen LogP contribution in [0.5, 0.6) is 0 Å². The lowest BCUT2D eigenvalue weighted by Crippen LogP contribution is -2.26. The predicted molar refractivity (Wildman–Crippen MR) is 56.7 cm³/mol. The maximum absolute atomic E-state index is 5.97. The van der Waals surface area contributed by atoms with Crippen LogP contribution in [-0.4, -0.2) is 0 Å². The van der Waals surface area contributed by atoms with E-state index in [1.54, 1.807) is 12.1 Å². The SMILES string of the molecule is C=CC(NN)c1cccc(Cl)c1Cl. The van der Waals surface area contributed by atoms with Crippen molar-refractivity contribution in [2.24, 2.45) is 5.84 Å². The third kappa shape index (κ3) is 2.23. The molecule has 0 saturated heterocycles. The number of hydrogen-bond donors (Lipinski definition) is 2. The molecule has 70 valence electrons. The normalized spacial score (nSPS) is 12.5. The number of hydrazine groups is 1. The van der Waals surface area contributed by atoms with E-state index in [1.807, 2.05) is 12.1 Å². The third-order valence-electron chi connectivity index (χ3n) is 1.73. The van der Waals surface area contributed by atoms with Gasteiger partial charge in [-0.15, -0.1) is 6.58 Å². The Labute approximate surface area is 87.3 Å². The molecule has 0 aromatic heterocycles. The van der Waals surface area contributed by atoms with Gasteiger partial charge in [0, 0.05) is 0 Å². The van der Waals surface area contributed by atoms with Crippen molar-refractivity contribution in [2.45, 2.75) is 6.04 Å². The Morgan fingerprint density at radius 3 is 2.69 bits per heavy atom. The summed E-state index contributed by atoms with van der Waals surface area (Å²) in [4.78, 5) is 0. The Hall–Kier alpha value is -0.540. The van der Waals surface area contributed by atoms with Crippen LogP contribution in [0, 0.1) is 0 Å². The highest BCUT2D eigenvalue weighted by Gasteiger charge is 2.10. The van der Waals surface area contributed by atoms with Gasteiger partial charge in [-0.2, -0.15) is 0 Å². The van der Waals surface area contributed by atoms with Crippen molar-refractivity contribution < 1.29 is 0 Å². The van der Waals surface area contributed by atoms with Crippen LogP contribution in [0.3, 0.4) is 0 Å². The van der Waals surface area contributed by atoms with Crippen molar-refractivity contribution in [3.05, 3.63) is 46.5 Å². The van der Waals surface area contributed by atoms with E-state index < -0.39 is 0 Å². The summed E-state index contributed by atoms with van der Waals surface area (Å²) in [5.74, 6) is 5.31.